The van der Waals surface area contributed by atoms with Crippen LogP contribution >= 0.6 is 0 Å². The van der Waals surface area contributed by atoms with E-state index >= 15 is 0 Å². The van der Waals surface area contributed by atoms with Gasteiger partial charge >= 0.3 is 0 Å². The first-order valence-corrected chi connectivity index (χ1v) is 16.7. The van der Waals surface area contributed by atoms with E-state index in [9.17, 15) is 0 Å². The topological polar surface area (TPSA) is 56.2 Å². The van der Waals surface area contributed by atoms with Crippen LogP contribution in [0.5, 0.6) is 0 Å². The van der Waals surface area contributed by atoms with Crippen LogP contribution in [0.15, 0.2) is 174 Å². The highest BCUT2D eigenvalue weighted by atomic mass is 16.3. The maximum Gasteiger partial charge on any atom is 0.194 e. The fourth-order valence-corrected chi connectivity index (χ4v) is 6.67. The van der Waals surface area contributed by atoms with Crippen molar-refractivity contribution in [3.63, 3.8) is 0 Å². The van der Waals surface area contributed by atoms with Gasteiger partial charge in [-0.15, -0.1) is 0 Å². The lowest BCUT2D eigenvalue weighted by atomic mass is 9.97. The molecule has 0 unspecified atom stereocenters. The quantitative estimate of drug-likeness (QED) is 0.168. The Balaban J connectivity index is 1.12. The first-order valence-electron chi connectivity index (χ1n) is 16.7. The van der Waals surface area contributed by atoms with E-state index in [1.54, 1.807) is 0 Å². The van der Waals surface area contributed by atoms with Crippen LogP contribution in [-0.2, 0) is 0 Å². The second-order valence-electron chi connectivity index (χ2n) is 12.3. The van der Waals surface area contributed by atoms with E-state index in [-0.39, 0.29) is 0 Å². The zero-order valence-corrected chi connectivity index (χ0v) is 27.4. The smallest absolute Gasteiger partial charge is 0.194 e. The van der Waals surface area contributed by atoms with Crippen LogP contribution < -0.4 is 0 Å². The third kappa shape index (κ3) is 5.61. The first kappa shape index (κ1) is 29.9. The van der Waals surface area contributed by atoms with E-state index in [2.05, 4.69) is 83.7 Å². The SMILES string of the molecule is [C-]#[N+]c1ccccc1-c1cccc(-c2ccc(-c3nc(-c4ccccc4)nc(-c4ccc5c(c4)oc4cccc(-c6ccccc6)c45)n3)cc2)c1. The molecule has 9 aromatic rings. The van der Waals surface area contributed by atoms with Crippen molar-refractivity contribution in [3.8, 4) is 67.5 Å². The van der Waals surface area contributed by atoms with Gasteiger partial charge in [-0.25, -0.2) is 19.8 Å². The van der Waals surface area contributed by atoms with Crippen LogP contribution in [0.1, 0.15) is 0 Å². The van der Waals surface area contributed by atoms with Crippen LogP contribution in [0.25, 0.3) is 94.3 Å². The second kappa shape index (κ2) is 12.7. The number of aromatic nitrogens is 3. The predicted octanol–water partition coefficient (Wildman–Crippen LogP) is 12.3. The molecule has 0 bridgehead atoms. The molecule has 7 aromatic carbocycles. The third-order valence-electron chi connectivity index (χ3n) is 9.18. The molecule has 0 aliphatic carbocycles. The summed E-state index contributed by atoms with van der Waals surface area (Å²) in [5.74, 6) is 1.75. The summed E-state index contributed by atoms with van der Waals surface area (Å²) in [5.41, 5.74) is 11.2. The molecule has 0 atom stereocenters. The van der Waals surface area contributed by atoms with Crippen LogP contribution in [0, 0.1) is 6.57 Å². The molecule has 0 saturated carbocycles. The van der Waals surface area contributed by atoms with Gasteiger partial charge in [0.15, 0.2) is 23.2 Å². The van der Waals surface area contributed by atoms with E-state index < -0.39 is 0 Å². The van der Waals surface area contributed by atoms with E-state index in [0.717, 1.165) is 72.0 Å². The monoisotopic (exact) mass is 652 g/mol. The summed E-state index contributed by atoms with van der Waals surface area (Å²) in [7, 11) is 0. The number of furan rings is 1. The van der Waals surface area contributed by atoms with Crippen molar-refractivity contribution < 1.29 is 4.42 Å². The molecule has 0 fully saturated rings. The largest absolute Gasteiger partial charge is 0.456 e. The van der Waals surface area contributed by atoms with Gasteiger partial charge in [0.05, 0.1) is 6.57 Å². The average Bonchev–Trinajstić information content (AvgIpc) is 3.60. The lowest BCUT2D eigenvalue weighted by Gasteiger charge is -2.10. The summed E-state index contributed by atoms with van der Waals surface area (Å²) >= 11 is 0. The van der Waals surface area contributed by atoms with E-state index in [1.165, 1.54) is 0 Å². The molecule has 0 amide bonds. The van der Waals surface area contributed by atoms with Crippen LogP contribution in [0.2, 0.25) is 0 Å². The Hall–Kier alpha value is -7.16. The summed E-state index contributed by atoms with van der Waals surface area (Å²) < 4.78 is 6.43. The van der Waals surface area contributed by atoms with Crippen molar-refractivity contribution >= 4 is 27.6 Å². The van der Waals surface area contributed by atoms with Gasteiger partial charge in [0.2, 0.25) is 0 Å². The molecule has 0 radical (unpaired) electrons. The highest BCUT2D eigenvalue weighted by Gasteiger charge is 2.17. The predicted molar refractivity (Wildman–Crippen MR) is 206 cm³/mol. The number of fused-ring (bicyclic) bond motifs is 3. The Labute approximate surface area is 295 Å². The summed E-state index contributed by atoms with van der Waals surface area (Å²) in [6.07, 6.45) is 0. The molecule has 51 heavy (non-hydrogen) atoms. The summed E-state index contributed by atoms with van der Waals surface area (Å²) in [4.78, 5) is 18.6. The molecule has 0 N–H and O–H groups in total. The molecule has 9 rings (SSSR count). The van der Waals surface area contributed by atoms with Crippen molar-refractivity contribution in [3.05, 3.63) is 181 Å². The van der Waals surface area contributed by atoms with Gasteiger partial charge in [0, 0.05) is 27.5 Å². The lowest BCUT2D eigenvalue weighted by Crippen LogP contribution is -2.00. The summed E-state index contributed by atoms with van der Waals surface area (Å²) in [5, 5.41) is 2.13. The fraction of sp³-hybridized carbons (Fsp3) is 0. The molecule has 0 aliphatic heterocycles. The van der Waals surface area contributed by atoms with Crippen LogP contribution in [0.3, 0.4) is 0 Å². The normalized spacial score (nSPS) is 11.1. The fourth-order valence-electron chi connectivity index (χ4n) is 6.67. The Morgan fingerprint density at radius 3 is 1.69 bits per heavy atom. The van der Waals surface area contributed by atoms with Gasteiger partial charge in [0.1, 0.15) is 11.2 Å². The Morgan fingerprint density at radius 1 is 0.392 bits per heavy atom. The zero-order valence-electron chi connectivity index (χ0n) is 27.4. The number of nitrogens with zero attached hydrogens (tertiary/aromatic N) is 4. The van der Waals surface area contributed by atoms with Crippen LogP contribution in [0.4, 0.5) is 5.69 Å². The minimum Gasteiger partial charge on any atom is -0.456 e. The van der Waals surface area contributed by atoms with Gasteiger partial charge in [-0.1, -0.05) is 146 Å². The highest BCUT2D eigenvalue weighted by molar-refractivity contribution is 6.13. The molecular weight excluding hydrogens is 625 g/mol. The highest BCUT2D eigenvalue weighted by Crippen LogP contribution is 2.38. The Kier molecular flexibility index (Phi) is 7.46. The maximum absolute atomic E-state index is 7.60. The van der Waals surface area contributed by atoms with E-state index in [4.69, 9.17) is 25.9 Å². The Bertz CT molecular complexity index is 2750. The standard InChI is InChI=1S/C46H28N4O/c1-47-40-20-9-8-18-37(40)35-17-10-16-34(28-35)30-22-24-33(25-23-30)45-48-44(32-14-6-3-7-15-32)49-46(50-45)36-26-27-39-42(29-36)51-41-21-11-19-38(43(39)41)31-12-4-2-5-13-31/h2-29H. The summed E-state index contributed by atoms with van der Waals surface area (Å²) in [6.45, 7) is 7.60. The third-order valence-corrected chi connectivity index (χ3v) is 9.18. The first-order chi connectivity index (χ1) is 25.2. The van der Waals surface area contributed by atoms with Gasteiger partial charge in [0.25, 0.3) is 0 Å². The van der Waals surface area contributed by atoms with Gasteiger partial charge in [-0.3, -0.25) is 0 Å². The molecular formula is C46H28N4O. The zero-order chi connectivity index (χ0) is 34.1. The molecule has 5 nitrogen and oxygen atoms in total. The minimum absolute atomic E-state index is 0.569. The maximum atomic E-state index is 7.60. The molecule has 5 heteroatoms. The second-order valence-corrected chi connectivity index (χ2v) is 12.3. The number of hydrogen-bond donors (Lipinski definition) is 0. The van der Waals surface area contributed by atoms with Gasteiger partial charge in [-0.2, -0.15) is 0 Å². The van der Waals surface area contributed by atoms with E-state index in [1.807, 2.05) is 91.0 Å². The van der Waals surface area contributed by atoms with Crippen molar-refractivity contribution in [2.24, 2.45) is 0 Å². The number of para-hydroxylation sites is 1. The number of hydrogen-bond acceptors (Lipinski definition) is 4. The molecule has 0 spiro atoms. The molecule has 238 valence electrons. The van der Waals surface area contributed by atoms with Crippen molar-refractivity contribution in [2.45, 2.75) is 0 Å². The molecule has 0 aliphatic rings. The van der Waals surface area contributed by atoms with Crippen molar-refractivity contribution in [2.75, 3.05) is 0 Å². The average molecular weight is 653 g/mol. The number of benzene rings is 7. The lowest BCUT2D eigenvalue weighted by molar-refractivity contribution is 0.669. The van der Waals surface area contributed by atoms with Crippen molar-refractivity contribution in [1.82, 2.24) is 15.0 Å². The van der Waals surface area contributed by atoms with E-state index in [0.29, 0.717) is 23.2 Å². The van der Waals surface area contributed by atoms with Crippen LogP contribution in [-0.4, -0.2) is 15.0 Å². The summed E-state index contributed by atoms with van der Waals surface area (Å²) in [6, 6.07) is 57.1. The van der Waals surface area contributed by atoms with Gasteiger partial charge in [-0.05, 0) is 57.6 Å². The van der Waals surface area contributed by atoms with Gasteiger partial charge < -0.3 is 4.42 Å². The van der Waals surface area contributed by atoms with Crippen molar-refractivity contribution in [1.29, 1.82) is 0 Å². The minimum atomic E-state index is 0.569. The number of rotatable bonds is 6. The molecule has 0 saturated heterocycles. The Morgan fingerprint density at radius 2 is 0.941 bits per heavy atom. The molecule has 2 aromatic heterocycles. The molecule has 2 heterocycles.